The van der Waals surface area contributed by atoms with Gasteiger partial charge in [-0.25, -0.2) is 4.98 Å². The third kappa shape index (κ3) is 3.71. The maximum absolute atomic E-state index is 11.9. The number of nitrogens with zero attached hydrogens (tertiary/aromatic N) is 3. The summed E-state index contributed by atoms with van der Waals surface area (Å²) in [4.78, 5) is 22.7. The first-order valence-electron chi connectivity index (χ1n) is 8.83. The fourth-order valence-corrected chi connectivity index (χ4v) is 3.87. The number of anilines is 1. The fraction of sp³-hybridized carbons (Fsp3) is 0.350. The van der Waals surface area contributed by atoms with Crippen LogP contribution >= 0.6 is 0 Å². The van der Waals surface area contributed by atoms with Gasteiger partial charge in [0.2, 0.25) is 5.91 Å². The maximum Gasteiger partial charge on any atom is 0.244 e. The molecule has 1 aliphatic carbocycles. The molecule has 2 aromatic rings. The van der Waals surface area contributed by atoms with Gasteiger partial charge in [0.15, 0.2) is 0 Å². The van der Waals surface area contributed by atoms with Gasteiger partial charge in [0, 0.05) is 45.7 Å². The SMILES string of the molecule is O=C(/C=C/c1cccnc1)NCCC1[C@H]2CN(c3ccccn3)C[C@@H]12.[HH]. The Labute approximate surface area is 149 Å². The van der Waals surface area contributed by atoms with Crippen LogP contribution in [0.1, 0.15) is 13.4 Å². The summed E-state index contributed by atoms with van der Waals surface area (Å²) < 4.78 is 0. The van der Waals surface area contributed by atoms with Gasteiger partial charge in [-0.05, 0) is 54.0 Å². The van der Waals surface area contributed by atoms with Gasteiger partial charge in [-0.15, -0.1) is 0 Å². The Balaban J connectivity index is 0.00000196. The third-order valence-electron chi connectivity index (χ3n) is 5.23. The number of fused-ring (bicyclic) bond motifs is 1. The van der Waals surface area contributed by atoms with Crippen LogP contribution in [0.5, 0.6) is 0 Å². The van der Waals surface area contributed by atoms with E-state index in [1.165, 1.54) is 0 Å². The number of nitrogens with one attached hydrogen (secondary N) is 1. The van der Waals surface area contributed by atoms with Crippen molar-refractivity contribution in [2.24, 2.45) is 17.8 Å². The Hall–Kier alpha value is -2.69. The van der Waals surface area contributed by atoms with Gasteiger partial charge in [0.05, 0.1) is 0 Å². The molecule has 1 saturated heterocycles. The molecule has 0 aromatic carbocycles. The lowest BCUT2D eigenvalue weighted by Gasteiger charge is -2.20. The van der Waals surface area contributed by atoms with Crippen molar-refractivity contribution in [2.45, 2.75) is 6.42 Å². The molecule has 2 aliphatic rings. The number of aromatic nitrogens is 2. The first kappa shape index (κ1) is 15.8. The predicted octanol–water partition coefficient (Wildman–Crippen LogP) is 2.62. The van der Waals surface area contributed by atoms with Crippen LogP contribution in [0.15, 0.2) is 55.0 Å². The highest BCUT2D eigenvalue weighted by atomic mass is 16.1. The van der Waals surface area contributed by atoms with E-state index >= 15 is 0 Å². The zero-order valence-corrected chi connectivity index (χ0v) is 14.1. The molecule has 1 unspecified atom stereocenters. The minimum absolute atomic E-state index is 0. The van der Waals surface area contributed by atoms with Crippen molar-refractivity contribution in [3.05, 3.63) is 60.6 Å². The summed E-state index contributed by atoms with van der Waals surface area (Å²) in [7, 11) is 0. The zero-order valence-electron chi connectivity index (χ0n) is 14.1. The molecule has 5 nitrogen and oxygen atoms in total. The molecule has 0 bridgehead atoms. The Bertz CT molecular complexity index is 741. The number of piperidine rings is 1. The van der Waals surface area contributed by atoms with Crippen LogP contribution in [0.4, 0.5) is 5.82 Å². The smallest absolute Gasteiger partial charge is 0.244 e. The molecule has 130 valence electrons. The number of hydrogen-bond donors (Lipinski definition) is 1. The van der Waals surface area contributed by atoms with Gasteiger partial charge < -0.3 is 10.2 Å². The average Bonchev–Trinajstić information content (AvgIpc) is 3.11. The van der Waals surface area contributed by atoms with Gasteiger partial charge in [-0.3, -0.25) is 9.78 Å². The van der Waals surface area contributed by atoms with Crippen LogP contribution in [0, 0.1) is 17.8 Å². The van der Waals surface area contributed by atoms with Crippen LogP contribution in [0.25, 0.3) is 6.08 Å². The number of pyridine rings is 2. The lowest BCUT2D eigenvalue weighted by Crippen LogP contribution is -2.27. The molecule has 2 aromatic heterocycles. The zero-order chi connectivity index (χ0) is 17.1. The first-order chi connectivity index (χ1) is 12.3. The van der Waals surface area contributed by atoms with Crippen LogP contribution in [0.3, 0.4) is 0 Å². The van der Waals surface area contributed by atoms with Crippen molar-refractivity contribution < 1.29 is 6.22 Å². The lowest BCUT2D eigenvalue weighted by molar-refractivity contribution is -0.116. The Morgan fingerprint density at radius 3 is 2.84 bits per heavy atom. The molecule has 5 heteroatoms. The second-order valence-corrected chi connectivity index (χ2v) is 6.78. The molecule has 2 fully saturated rings. The number of carbonyl (C=O) groups is 1. The monoisotopic (exact) mass is 336 g/mol. The normalized spacial score (nSPS) is 24.3. The van der Waals surface area contributed by atoms with Crippen molar-refractivity contribution in [3.63, 3.8) is 0 Å². The minimum atomic E-state index is -0.0372. The molecule has 3 atom stereocenters. The van der Waals surface area contributed by atoms with Crippen molar-refractivity contribution in [3.8, 4) is 0 Å². The molecule has 3 heterocycles. The van der Waals surface area contributed by atoms with Crippen molar-refractivity contribution in [1.82, 2.24) is 15.3 Å². The standard InChI is InChI=1S/C20H22N4O.H2/c25-20(7-6-15-4-3-9-21-12-15)23-11-8-16-17-13-24(14-18(16)17)19-5-1-2-10-22-19;/h1-7,9-10,12,16-18H,8,11,13-14H2,(H,23,25);1H/b7-6+;/t16?,17-,18+;. The first-order valence-corrected chi connectivity index (χ1v) is 8.83. The highest BCUT2D eigenvalue weighted by Crippen LogP contribution is 2.53. The van der Waals surface area contributed by atoms with Crippen LogP contribution in [0.2, 0.25) is 0 Å². The number of hydrogen-bond acceptors (Lipinski definition) is 4. The second-order valence-electron chi connectivity index (χ2n) is 6.78. The fourth-order valence-electron chi connectivity index (χ4n) is 3.87. The summed E-state index contributed by atoms with van der Waals surface area (Å²) >= 11 is 0. The largest absolute Gasteiger partial charge is 0.356 e. The summed E-state index contributed by atoms with van der Waals surface area (Å²) in [6.45, 7) is 2.94. The minimum Gasteiger partial charge on any atom is -0.356 e. The lowest BCUT2D eigenvalue weighted by atomic mass is 10.2. The van der Waals surface area contributed by atoms with Crippen molar-refractivity contribution >= 4 is 17.8 Å². The maximum atomic E-state index is 11.9. The van der Waals surface area contributed by atoms with Gasteiger partial charge >= 0.3 is 0 Å². The van der Waals surface area contributed by atoms with E-state index in [0.717, 1.165) is 55.2 Å². The quantitative estimate of drug-likeness (QED) is 0.824. The number of rotatable bonds is 6. The molecule has 1 saturated carbocycles. The number of amides is 1. The van der Waals surface area contributed by atoms with Gasteiger partial charge in [-0.1, -0.05) is 12.1 Å². The summed E-state index contributed by atoms with van der Waals surface area (Å²) in [6.07, 6.45) is 9.75. The van der Waals surface area contributed by atoms with Gasteiger partial charge in [0.25, 0.3) is 0 Å². The Morgan fingerprint density at radius 1 is 1.24 bits per heavy atom. The molecule has 0 spiro atoms. The van der Waals surface area contributed by atoms with E-state index in [1.54, 1.807) is 24.5 Å². The summed E-state index contributed by atoms with van der Waals surface area (Å²) in [5.41, 5.74) is 0.934. The average molecular weight is 336 g/mol. The predicted molar refractivity (Wildman–Crippen MR) is 99.9 cm³/mol. The molecule has 1 N–H and O–H groups in total. The highest BCUT2D eigenvalue weighted by molar-refractivity contribution is 5.91. The van der Waals surface area contributed by atoms with Crippen molar-refractivity contribution in [1.29, 1.82) is 0 Å². The molecule has 1 aliphatic heterocycles. The van der Waals surface area contributed by atoms with E-state index in [4.69, 9.17) is 0 Å². The summed E-state index contributed by atoms with van der Waals surface area (Å²) in [5, 5.41) is 2.98. The third-order valence-corrected chi connectivity index (χ3v) is 5.23. The topological polar surface area (TPSA) is 58.1 Å². The molecule has 0 radical (unpaired) electrons. The number of carbonyl (C=O) groups excluding carboxylic acids is 1. The van der Waals surface area contributed by atoms with E-state index < -0.39 is 0 Å². The van der Waals surface area contributed by atoms with Gasteiger partial charge in [-0.2, -0.15) is 0 Å². The Kier molecular flexibility index (Phi) is 4.46. The van der Waals surface area contributed by atoms with Crippen LogP contribution < -0.4 is 10.2 Å². The molecule has 4 rings (SSSR count). The molecular weight excluding hydrogens is 312 g/mol. The molecule has 25 heavy (non-hydrogen) atoms. The molecular formula is C20H24N4O. The van der Waals surface area contributed by atoms with Crippen molar-refractivity contribution in [2.75, 3.05) is 24.5 Å². The summed E-state index contributed by atoms with van der Waals surface area (Å²) in [5.74, 6) is 3.34. The van der Waals surface area contributed by atoms with E-state index in [9.17, 15) is 4.79 Å². The van der Waals surface area contributed by atoms with E-state index in [0.29, 0.717) is 0 Å². The van der Waals surface area contributed by atoms with Crippen LogP contribution in [-0.2, 0) is 4.79 Å². The molecule has 1 amide bonds. The second kappa shape index (κ2) is 7.05. The van der Waals surface area contributed by atoms with E-state index in [-0.39, 0.29) is 7.33 Å². The van der Waals surface area contributed by atoms with E-state index in [2.05, 4.69) is 26.3 Å². The highest BCUT2D eigenvalue weighted by Gasteiger charge is 2.55. The van der Waals surface area contributed by atoms with Crippen LogP contribution in [-0.4, -0.2) is 35.5 Å². The van der Waals surface area contributed by atoms with E-state index in [1.807, 2.05) is 30.5 Å². The Morgan fingerprint density at radius 2 is 2.12 bits per heavy atom. The summed E-state index contributed by atoms with van der Waals surface area (Å²) in [6, 6.07) is 9.86. The van der Waals surface area contributed by atoms with Gasteiger partial charge in [0.1, 0.15) is 5.82 Å².